The molecule has 0 unspecified atom stereocenters. The molecule has 1 aromatic carbocycles. The summed E-state index contributed by atoms with van der Waals surface area (Å²) in [7, 11) is 1.27. The predicted molar refractivity (Wildman–Crippen MR) is 86.8 cm³/mol. The minimum absolute atomic E-state index is 0.110. The first-order valence-electron chi connectivity index (χ1n) is 7.15. The van der Waals surface area contributed by atoms with Crippen LogP contribution in [0.2, 0.25) is 0 Å². The van der Waals surface area contributed by atoms with Gasteiger partial charge in [0.15, 0.2) is 5.76 Å². The van der Waals surface area contributed by atoms with E-state index < -0.39 is 23.6 Å². The Morgan fingerprint density at radius 3 is 2.54 bits per heavy atom. The van der Waals surface area contributed by atoms with Gasteiger partial charge >= 0.3 is 5.97 Å². The van der Waals surface area contributed by atoms with Gasteiger partial charge in [-0.05, 0) is 12.5 Å². The van der Waals surface area contributed by atoms with Crippen molar-refractivity contribution in [2.24, 2.45) is 0 Å². The topological polar surface area (TPSA) is 81.7 Å². The second-order valence-electron chi connectivity index (χ2n) is 5.05. The average molecular weight is 350 g/mol. The van der Waals surface area contributed by atoms with Crippen molar-refractivity contribution in [1.82, 2.24) is 5.32 Å². The zero-order valence-electron chi connectivity index (χ0n) is 13.2. The molecule has 0 aliphatic heterocycles. The maximum atomic E-state index is 12.0. The number of ether oxygens (including phenoxy) is 2. The summed E-state index contributed by atoms with van der Waals surface area (Å²) in [5.41, 5.74) is 0.693. The van der Waals surface area contributed by atoms with E-state index >= 15 is 0 Å². The zero-order chi connectivity index (χ0) is 17.7. The molecular weight excluding hydrogens is 334 g/mol. The summed E-state index contributed by atoms with van der Waals surface area (Å²) in [6.45, 7) is 1.62. The highest BCUT2D eigenvalue weighted by Crippen LogP contribution is 2.21. The van der Waals surface area contributed by atoms with Crippen LogP contribution in [0.15, 0.2) is 52.9 Å². The predicted octanol–water partition coefficient (Wildman–Crippen LogP) is 1.84. The number of esters is 1. The highest BCUT2D eigenvalue weighted by Gasteiger charge is 2.30. The Morgan fingerprint density at radius 2 is 1.92 bits per heavy atom. The molecule has 0 bridgehead atoms. The van der Waals surface area contributed by atoms with E-state index in [-0.39, 0.29) is 23.1 Å². The van der Waals surface area contributed by atoms with Crippen LogP contribution in [-0.4, -0.2) is 30.7 Å². The van der Waals surface area contributed by atoms with Gasteiger partial charge in [0, 0.05) is 6.08 Å². The van der Waals surface area contributed by atoms with Gasteiger partial charge in [0.2, 0.25) is 11.6 Å². The number of nitrogens with one attached hydrogen (secondary N) is 1. The first-order chi connectivity index (χ1) is 11.4. The Kier molecular flexibility index (Phi) is 5.76. The molecule has 0 fully saturated rings. The summed E-state index contributed by atoms with van der Waals surface area (Å²) in [6.07, 6.45) is 1.03. The average Bonchev–Trinajstić information content (AvgIpc) is 2.60. The molecule has 0 saturated carbocycles. The van der Waals surface area contributed by atoms with Gasteiger partial charge in [-0.25, -0.2) is 4.79 Å². The van der Waals surface area contributed by atoms with E-state index in [9.17, 15) is 14.4 Å². The molecule has 2 rings (SSSR count). The molecule has 24 heavy (non-hydrogen) atoms. The number of carbonyl (C=O) groups is 3. The van der Waals surface area contributed by atoms with Crippen molar-refractivity contribution in [1.29, 1.82) is 0 Å². The van der Waals surface area contributed by atoms with Crippen LogP contribution in [0.5, 0.6) is 0 Å². The third-order valence-corrected chi connectivity index (χ3v) is 3.67. The Bertz CT molecular complexity index is 724. The van der Waals surface area contributed by atoms with Gasteiger partial charge in [-0.2, -0.15) is 0 Å². The van der Waals surface area contributed by atoms with Crippen LogP contribution >= 0.6 is 11.6 Å². The quantitative estimate of drug-likeness (QED) is 0.623. The second kappa shape index (κ2) is 7.79. The van der Waals surface area contributed by atoms with Gasteiger partial charge in [-0.1, -0.05) is 41.9 Å². The van der Waals surface area contributed by atoms with Crippen LogP contribution in [0.3, 0.4) is 0 Å². The molecule has 1 aliphatic rings. The SMILES string of the molecule is COC1=CC(=O)C(N[C@@H](C)C(=O)OCc2ccccc2)=C(Cl)C1=O. The maximum absolute atomic E-state index is 12.0. The van der Waals surface area contributed by atoms with E-state index in [2.05, 4.69) is 5.32 Å². The Labute approximate surface area is 144 Å². The van der Waals surface area contributed by atoms with E-state index in [1.54, 1.807) is 0 Å². The molecule has 0 heterocycles. The number of methoxy groups -OCH3 is 1. The highest BCUT2D eigenvalue weighted by molar-refractivity contribution is 6.48. The van der Waals surface area contributed by atoms with E-state index in [4.69, 9.17) is 21.1 Å². The van der Waals surface area contributed by atoms with Crippen LogP contribution in [0.1, 0.15) is 12.5 Å². The van der Waals surface area contributed by atoms with E-state index in [0.717, 1.165) is 11.6 Å². The number of hydrogen-bond donors (Lipinski definition) is 1. The smallest absolute Gasteiger partial charge is 0.328 e. The number of allylic oxidation sites excluding steroid dienone is 2. The molecule has 1 aromatic rings. The first kappa shape index (κ1) is 17.7. The molecule has 0 spiro atoms. The fraction of sp³-hybridized carbons (Fsp3) is 0.235. The highest BCUT2D eigenvalue weighted by atomic mass is 35.5. The lowest BCUT2D eigenvalue weighted by atomic mass is 10.1. The molecule has 1 atom stereocenters. The van der Waals surface area contributed by atoms with Gasteiger partial charge in [-0.15, -0.1) is 0 Å². The molecule has 126 valence electrons. The van der Waals surface area contributed by atoms with Gasteiger partial charge in [0.05, 0.1) is 7.11 Å². The minimum atomic E-state index is -0.855. The summed E-state index contributed by atoms with van der Waals surface area (Å²) in [5.74, 6) is -1.88. The number of benzene rings is 1. The van der Waals surface area contributed by atoms with Crippen molar-refractivity contribution in [3.05, 3.63) is 58.5 Å². The molecule has 1 aliphatic carbocycles. The van der Waals surface area contributed by atoms with Crippen LogP contribution in [0.4, 0.5) is 0 Å². The number of rotatable bonds is 6. The molecule has 7 heteroatoms. The van der Waals surface area contributed by atoms with Crippen LogP contribution < -0.4 is 5.32 Å². The molecule has 0 saturated heterocycles. The molecule has 0 amide bonds. The van der Waals surface area contributed by atoms with Crippen LogP contribution in [-0.2, 0) is 30.5 Å². The standard InChI is InChI=1S/C17H16ClNO5/c1-10(17(22)24-9-11-6-4-3-5-7-11)19-15-12(20)8-13(23-2)16(21)14(15)18/h3-8,10,19H,9H2,1-2H3/t10-/m0/s1. The molecular formula is C17H16ClNO5. The normalized spacial score (nSPS) is 15.7. The fourth-order valence-electron chi connectivity index (χ4n) is 2.00. The number of hydrogen-bond acceptors (Lipinski definition) is 6. The Balaban J connectivity index is 1.99. The van der Waals surface area contributed by atoms with Crippen molar-refractivity contribution in [3.63, 3.8) is 0 Å². The summed E-state index contributed by atoms with van der Waals surface area (Å²) in [5, 5.41) is 2.31. The van der Waals surface area contributed by atoms with Gasteiger partial charge in [0.25, 0.3) is 0 Å². The van der Waals surface area contributed by atoms with Crippen molar-refractivity contribution < 1.29 is 23.9 Å². The lowest BCUT2D eigenvalue weighted by molar-refractivity contribution is -0.146. The number of Topliss-reactive ketones (excluding diaryl/α,β-unsaturated/α-hetero) is 1. The lowest BCUT2D eigenvalue weighted by Gasteiger charge is -2.19. The summed E-state index contributed by atoms with van der Waals surface area (Å²) in [4.78, 5) is 35.9. The van der Waals surface area contributed by atoms with Crippen molar-refractivity contribution in [2.45, 2.75) is 19.6 Å². The van der Waals surface area contributed by atoms with Gasteiger partial charge in [0.1, 0.15) is 23.4 Å². The van der Waals surface area contributed by atoms with Crippen LogP contribution in [0, 0.1) is 0 Å². The third kappa shape index (κ3) is 4.02. The molecule has 6 nitrogen and oxygen atoms in total. The maximum Gasteiger partial charge on any atom is 0.328 e. The van der Waals surface area contributed by atoms with E-state index in [1.165, 1.54) is 14.0 Å². The Morgan fingerprint density at radius 1 is 1.25 bits per heavy atom. The van der Waals surface area contributed by atoms with Crippen LogP contribution in [0.25, 0.3) is 0 Å². The Hall–Kier alpha value is -2.60. The van der Waals surface area contributed by atoms with Gasteiger partial charge in [-0.3, -0.25) is 9.59 Å². The van der Waals surface area contributed by atoms with Crippen molar-refractivity contribution in [2.75, 3.05) is 7.11 Å². The fourth-order valence-corrected chi connectivity index (χ4v) is 2.24. The largest absolute Gasteiger partial charge is 0.492 e. The lowest BCUT2D eigenvalue weighted by Crippen LogP contribution is -2.39. The summed E-state index contributed by atoms with van der Waals surface area (Å²) >= 11 is 5.90. The third-order valence-electron chi connectivity index (χ3n) is 3.31. The molecule has 0 radical (unpaired) electrons. The molecule has 0 aromatic heterocycles. The minimum Gasteiger partial charge on any atom is -0.492 e. The number of ketones is 2. The monoisotopic (exact) mass is 349 g/mol. The van der Waals surface area contributed by atoms with E-state index in [0.29, 0.717) is 0 Å². The summed E-state index contributed by atoms with van der Waals surface area (Å²) < 4.78 is 9.95. The molecule has 1 N–H and O–H groups in total. The summed E-state index contributed by atoms with van der Waals surface area (Å²) in [6, 6.07) is 8.32. The second-order valence-corrected chi connectivity index (χ2v) is 5.43. The zero-order valence-corrected chi connectivity index (χ0v) is 13.9. The van der Waals surface area contributed by atoms with Crippen molar-refractivity contribution >= 4 is 29.1 Å². The van der Waals surface area contributed by atoms with Crippen molar-refractivity contribution in [3.8, 4) is 0 Å². The number of halogens is 1. The first-order valence-corrected chi connectivity index (χ1v) is 7.53. The number of carbonyl (C=O) groups excluding carboxylic acids is 3. The van der Waals surface area contributed by atoms with E-state index in [1.807, 2.05) is 30.3 Å². The van der Waals surface area contributed by atoms with Gasteiger partial charge < -0.3 is 14.8 Å².